The first-order valence-corrected chi connectivity index (χ1v) is 3.26. The zero-order chi connectivity index (χ0) is 8.81. The van der Waals surface area contributed by atoms with E-state index < -0.39 is 0 Å². The van der Waals surface area contributed by atoms with Gasteiger partial charge in [0.25, 0.3) is 0 Å². The van der Waals surface area contributed by atoms with Crippen LogP contribution in [0.3, 0.4) is 0 Å². The summed E-state index contributed by atoms with van der Waals surface area (Å²) < 4.78 is 0. The maximum Gasteiger partial charge on any atom is 0.227 e. The minimum atomic E-state index is 0.383. The summed E-state index contributed by atoms with van der Waals surface area (Å²) in [6.07, 6.45) is 0.383. The molecule has 0 aliphatic heterocycles. The number of carbonyl (C=O) groups excluding carboxylic acids is 1. The van der Waals surface area contributed by atoms with Gasteiger partial charge in [-0.25, -0.2) is 5.43 Å². The lowest BCUT2D eigenvalue weighted by molar-refractivity contribution is -0.109. The largest absolute Gasteiger partial charge is 0.277 e. The Kier molecular flexibility index (Phi) is 2.78. The standard InChI is InChI=1S/C7H7N3O2/c11-6-8-10(9-12)7-4-2-1-3-5-7/h1-6H,(H,8,11). The summed E-state index contributed by atoms with van der Waals surface area (Å²) in [5.41, 5.74) is 2.64. The second-order valence-electron chi connectivity index (χ2n) is 1.98. The average Bonchev–Trinajstić information content (AvgIpc) is 2.15. The number of hydrogen-bond acceptors (Lipinski definition) is 3. The molecule has 0 unspecified atom stereocenters. The van der Waals surface area contributed by atoms with Gasteiger partial charge in [0.1, 0.15) is 0 Å². The van der Waals surface area contributed by atoms with Crippen LogP contribution in [0.5, 0.6) is 0 Å². The molecule has 1 N–H and O–H groups in total. The van der Waals surface area contributed by atoms with Crippen LogP contribution in [0.1, 0.15) is 0 Å². The van der Waals surface area contributed by atoms with Crippen molar-refractivity contribution in [3.8, 4) is 0 Å². The van der Waals surface area contributed by atoms with Crippen LogP contribution >= 0.6 is 0 Å². The van der Waals surface area contributed by atoms with E-state index >= 15 is 0 Å². The highest BCUT2D eigenvalue weighted by atomic mass is 16.3. The predicted octanol–water partition coefficient (Wildman–Crippen LogP) is 0.835. The van der Waals surface area contributed by atoms with Crippen LogP contribution in [0.25, 0.3) is 0 Å². The van der Waals surface area contributed by atoms with Crippen LogP contribution in [0, 0.1) is 4.91 Å². The van der Waals surface area contributed by atoms with Gasteiger partial charge in [-0.1, -0.05) is 18.2 Å². The number of rotatable bonds is 4. The first-order valence-electron chi connectivity index (χ1n) is 3.26. The van der Waals surface area contributed by atoms with Gasteiger partial charge in [-0.2, -0.15) is 0 Å². The van der Waals surface area contributed by atoms with Crippen LogP contribution in [0.15, 0.2) is 35.6 Å². The molecule has 1 amide bonds. The van der Waals surface area contributed by atoms with E-state index in [1.807, 2.05) is 0 Å². The number of carbonyl (C=O) groups is 1. The summed E-state index contributed by atoms with van der Waals surface area (Å²) in [5.74, 6) is 0. The summed E-state index contributed by atoms with van der Waals surface area (Å²) in [4.78, 5) is 20.1. The molecule has 0 heterocycles. The summed E-state index contributed by atoms with van der Waals surface area (Å²) >= 11 is 0. The monoisotopic (exact) mass is 165 g/mol. The molecule has 1 aromatic rings. The minimum Gasteiger partial charge on any atom is -0.277 e. The Balaban J connectivity index is 2.79. The number of benzene rings is 1. The average molecular weight is 165 g/mol. The van der Waals surface area contributed by atoms with Gasteiger partial charge in [0, 0.05) is 0 Å². The molecule has 0 spiro atoms. The van der Waals surface area contributed by atoms with Crippen molar-refractivity contribution in [2.45, 2.75) is 0 Å². The van der Waals surface area contributed by atoms with E-state index in [0.29, 0.717) is 12.1 Å². The molecule has 0 saturated carbocycles. The smallest absolute Gasteiger partial charge is 0.227 e. The van der Waals surface area contributed by atoms with Gasteiger partial charge in [0.15, 0.2) is 0 Å². The lowest BCUT2D eigenvalue weighted by Gasteiger charge is -2.11. The van der Waals surface area contributed by atoms with Crippen molar-refractivity contribution in [3.63, 3.8) is 0 Å². The number of nitroso groups, excluding NO2 is 1. The lowest BCUT2D eigenvalue weighted by Crippen LogP contribution is -2.31. The van der Waals surface area contributed by atoms with Crippen LogP contribution in [0.4, 0.5) is 5.69 Å². The maximum absolute atomic E-state index is 10.1. The molecule has 0 aromatic heterocycles. The van der Waals surface area contributed by atoms with Crippen molar-refractivity contribution >= 4 is 12.1 Å². The summed E-state index contributed by atoms with van der Waals surface area (Å²) in [5, 5.41) is 3.43. The van der Waals surface area contributed by atoms with Crippen molar-refractivity contribution in [2.75, 3.05) is 5.12 Å². The highest BCUT2D eigenvalue weighted by molar-refractivity contribution is 5.54. The fourth-order valence-electron chi connectivity index (χ4n) is 0.764. The van der Waals surface area contributed by atoms with Crippen LogP contribution in [0.2, 0.25) is 0 Å². The van der Waals surface area contributed by atoms with E-state index in [9.17, 15) is 9.70 Å². The minimum absolute atomic E-state index is 0.383. The molecule has 62 valence electrons. The molecule has 1 aromatic carbocycles. The van der Waals surface area contributed by atoms with Gasteiger partial charge in [-0.3, -0.25) is 4.79 Å². The van der Waals surface area contributed by atoms with Gasteiger partial charge in [-0.15, -0.1) is 10.0 Å². The van der Waals surface area contributed by atoms with E-state index in [2.05, 4.69) is 10.7 Å². The normalized spacial score (nSPS) is 8.67. The second kappa shape index (κ2) is 4.07. The third-order valence-electron chi connectivity index (χ3n) is 1.26. The van der Waals surface area contributed by atoms with Gasteiger partial charge in [0.05, 0.1) is 11.0 Å². The zero-order valence-corrected chi connectivity index (χ0v) is 6.18. The van der Waals surface area contributed by atoms with Gasteiger partial charge in [0.2, 0.25) is 6.41 Å². The fraction of sp³-hybridized carbons (Fsp3) is 0. The molecule has 0 atom stereocenters. The molecule has 0 bridgehead atoms. The van der Waals surface area contributed by atoms with Crippen LogP contribution in [-0.4, -0.2) is 6.41 Å². The summed E-state index contributed by atoms with van der Waals surface area (Å²) in [6, 6.07) is 8.57. The van der Waals surface area contributed by atoms with E-state index in [1.165, 1.54) is 0 Å². The van der Waals surface area contributed by atoms with Crippen molar-refractivity contribution in [1.82, 2.24) is 5.43 Å². The Bertz CT molecular complexity index is 263. The molecular weight excluding hydrogens is 158 g/mol. The number of hydrogen-bond donors (Lipinski definition) is 1. The van der Waals surface area contributed by atoms with Crippen LogP contribution < -0.4 is 10.5 Å². The molecule has 5 heteroatoms. The zero-order valence-electron chi connectivity index (χ0n) is 6.18. The molecule has 0 saturated heterocycles. The number of para-hydroxylation sites is 1. The van der Waals surface area contributed by atoms with E-state index in [-0.39, 0.29) is 0 Å². The Hall–Kier alpha value is -1.91. The van der Waals surface area contributed by atoms with Gasteiger partial charge >= 0.3 is 0 Å². The quantitative estimate of drug-likeness (QED) is 0.408. The molecule has 5 nitrogen and oxygen atoms in total. The second-order valence-corrected chi connectivity index (χ2v) is 1.98. The Morgan fingerprint density at radius 1 is 1.33 bits per heavy atom. The van der Waals surface area contributed by atoms with Crippen molar-refractivity contribution in [3.05, 3.63) is 35.2 Å². The Morgan fingerprint density at radius 3 is 2.50 bits per heavy atom. The van der Waals surface area contributed by atoms with E-state index in [4.69, 9.17) is 0 Å². The number of amides is 1. The third-order valence-corrected chi connectivity index (χ3v) is 1.26. The van der Waals surface area contributed by atoms with E-state index in [0.717, 1.165) is 5.12 Å². The summed E-state index contributed by atoms with van der Waals surface area (Å²) in [7, 11) is 0. The Labute approximate surface area is 68.9 Å². The topological polar surface area (TPSA) is 61.8 Å². The Morgan fingerprint density at radius 2 is 2.00 bits per heavy atom. The third kappa shape index (κ3) is 1.79. The highest BCUT2D eigenvalue weighted by Gasteiger charge is 2.01. The summed E-state index contributed by atoms with van der Waals surface area (Å²) in [6.45, 7) is 0. The van der Waals surface area contributed by atoms with Crippen molar-refractivity contribution in [1.29, 1.82) is 0 Å². The predicted molar refractivity (Wildman–Crippen MR) is 43.9 cm³/mol. The maximum atomic E-state index is 10.1. The van der Waals surface area contributed by atoms with Gasteiger partial charge in [-0.05, 0) is 12.1 Å². The molecule has 0 fully saturated rings. The molecule has 0 aliphatic rings. The fourth-order valence-corrected chi connectivity index (χ4v) is 0.764. The molecule has 12 heavy (non-hydrogen) atoms. The molecular formula is C7H7N3O2. The van der Waals surface area contributed by atoms with Crippen molar-refractivity contribution < 1.29 is 4.79 Å². The molecule has 1 rings (SSSR count). The first-order chi connectivity index (χ1) is 5.88. The number of nitrogens with zero attached hydrogens (tertiary/aromatic N) is 2. The highest BCUT2D eigenvalue weighted by Crippen LogP contribution is 2.09. The number of nitrogens with one attached hydrogen (secondary N) is 1. The van der Waals surface area contributed by atoms with Crippen molar-refractivity contribution in [2.24, 2.45) is 5.29 Å². The molecule has 0 aliphatic carbocycles. The lowest BCUT2D eigenvalue weighted by atomic mass is 10.3. The van der Waals surface area contributed by atoms with Crippen LogP contribution in [-0.2, 0) is 4.79 Å². The number of hydrazine groups is 1. The molecule has 0 radical (unpaired) electrons. The first kappa shape index (κ1) is 8.19. The van der Waals surface area contributed by atoms with Gasteiger partial charge < -0.3 is 0 Å². The SMILES string of the molecule is O=CNN(N=O)c1ccccc1. The van der Waals surface area contributed by atoms with E-state index in [1.54, 1.807) is 30.3 Å². The number of anilines is 1.